The Morgan fingerprint density at radius 3 is 2.63 bits per heavy atom. The van der Waals surface area contributed by atoms with Gasteiger partial charge in [-0.15, -0.1) is 0 Å². The lowest BCUT2D eigenvalue weighted by molar-refractivity contribution is 0.316. The van der Waals surface area contributed by atoms with Gasteiger partial charge in [0.2, 0.25) is 0 Å². The summed E-state index contributed by atoms with van der Waals surface area (Å²) in [5.41, 5.74) is 6.07. The number of benzene rings is 1. The van der Waals surface area contributed by atoms with Crippen LogP contribution in [0.4, 0.5) is 5.82 Å². The molecule has 6 heteroatoms. The Hall–Kier alpha value is -3.25. The highest BCUT2D eigenvalue weighted by Crippen LogP contribution is 2.33. The molecule has 0 spiro atoms. The summed E-state index contributed by atoms with van der Waals surface area (Å²) in [7, 11) is 0. The van der Waals surface area contributed by atoms with E-state index in [2.05, 4.69) is 71.4 Å². The van der Waals surface area contributed by atoms with Gasteiger partial charge in [0, 0.05) is 36.6 Å². The summed E-state index contributed by atoms with van der Waals surface area (Å²) in [5, 5.41) is 8.03. The van der Waals surface area contributed by atoms with E-state index in [9.17, 15) is 0 Å². The molecular weight excluding hydrogens is 372 g/mol. The molecule has 4 aromatic rings. The van der Waals surface area contributed by atoms with Crippen LogP contribution >= 0.6 is 0 Å². The fourth-order valence-electron chi connectivity index (χ4n) is 3.70. The zero-order valence-corrected chi connectivity index (χ0v) is 17.8. The molecule has 0 radical (unpaired) electrons. The third-order valence-corrected chi connectivity index (χ3v) is 5.35. The normalized spacial score (nSPS) is 11.3. The summed E-state index contributed by atoms with van der Waals surface area (Å²) in [4.78, 5) is 11.8. The number of anilines is 1. The van der Waals surface area contributed by atoms with Crippen molar-refractivity contribution < 1.29 is 0 Å². The molecule has 0 atom stereocenters. The van der Waals surface area contributed by atoms with Crippen LogP contribution < -0.4 is 5.32 Å². The summed E-state index contributed by atoms with van der Waals surface area (Å²) in [5.74, 6) is 0.862. The van der Waals surface area contributed by atoms with E-state index in [1.54, 1.807) is 6.20 Å². The summed E-state index contributed by atoms with van der Waals surface area (Å²) < 4.78 is 1.91. The Kier molecular flexibility index (Phi) is 6.05. The van der Waals surface area contributed by atoms with Gasteiger partial charge in [-0.05, 0) is 50.3 Å². The van der Waals surface area contributed by atoms with E-state index in [-0.39, 0.29) is 0 Å². The number of hydrogen-bond acceptors (Lipinski definition) is 5. The third-order valence-electron chi connectivity index (χ3n) is 5.35. The number of aromatic nitrogens is 4. The fraction of sp³-hybridized carbons (Fsp3) is 0.292. The minimum Gasteiger partial charge on any atom is -0.369 e. The second-order valence-corrected chi connectivity index (χ2v) is 7.36. The van der Waals surface area contributed by atoms with Gasteiger partial charge in [-0.2, -0.15) is 5.10 Å². The molecular formula is C24H28N6. The molecule has 0 aliphatic rings. The molecule has 1 N–H and O–H groups in total. The van der Waals surface area contributed by atoms with Crippen molar-refractivity contribution in [1.29, 1.82) is 0 Å². The van der Waals surface area contributed by atoms with Gasteiger partial charge < -0.3 is 10.2 Å². The SMILES string of the molecule is CCN(CC)CCNc1cc(-c2c(-c3cccc(C)c3)nc3cccnn23)ccn1. The monoisotopic (exact) mass is 400 g/mol. The Morgan fingerprint density at radius 1 is 0.967 bits per heavy atom. The Bertz CT molecular complexity index is 1130. The summed E-state index contributed by atoms with van der Waals surface area (Å²) in [6.07, 6.45) is 3.64. The largest absolute Gasteiger partial charge is 0.369 e. The van der Waals surface area contributed by atoms with Crippen molar-refractivity contribution in [2.24, 2.45) is 0 Å². The van der Waals surface area contributed by atoms with Crippen molar-refractivity contribution in [2.45, 2.75) is 20.8 Å². The second-order valence-electron chi connectivity index (χ2n) is 7.36. The highest BCUT2D eigenvalue weighted by molar-refractivity contribution is 5.82. The number of fused-ring (bicyclic) bond motifs is 1. The molecule has 0 aliphatic heterocycles. The van der Waals surface area contributed by atoms with Gasteiger partial charge in [0.1, 0.15) is 11.5 Å². The van der Waals surface area contributed by atoms with Crippen LogP contribution in [0.25, 0.3) is 28.2 Å². The van der Waals surface area contributed by atoms with E-state index in [4.69, 9.17) is 4.98 Å². The van der Waals surface area contributed by atoms with Gasteiger partial charge in [0.25, 0.3) is 0 Å². The first kappa shape index (κ1) is 20.0. The van der Waals surface area contributed by atoms with Crippen LogP contribution in [0.15, 0.2) is 60.9 Å². The van der Waals surface area contributed by atoms with Crippen molar-refractivity contribution >= 4 is 11.5 Å². The number of rotatable bonds is 8. The van der Waals surface area contributed by atoms with Gasteiger partial charge in [-0.1, -0.05) is 37.6 Å². The first-order valence-corrected chi connectivity index (χ1v) is 10.5. The van der Waals surface area contributed by atoms with Crippen molar-refractivity contribution in [1.82, 2.24) is 24.5 Å². The Labute approximate surface area is 177 Å². The molecule has 0 aliphatic carbocycles. The minimum absolute atomic E-state index is 0.830. The number of likely N-dealkylation sites (N-methyl/N-ethyl adjacent to an activating group) is 1. The van der Waals surface area contributed by atoms with E-state index in [1.165, 1.54) is 5.56 Å². The molecule has 6 nitrogen and oxygen atoms in total. The molecule has 30 heavy (non-hydrogen) atoms. The minimum atomic E-state index is 0.830. The molecule has 0 saturated heterocycles. The smallest absolute Gasteiger partial charge is 0.154 e. The van der Waals surface area contributed by atoms with Gasteiger partial charge >= 0.3 is 0 Å². The van der Waals surface area contributed by atoms with Crippen molar-refractivity contribution in [3.05, 3.63) is 66.5 Å². The lowest BCUT2D eigenvalue weighted by Crippen LogP contribution is -2.28. The maximum atomic E-state index is 4.89. The molecule has 0 amide bonds. The van der Waals surface area contributed by atoms with Crippen LogP contribution in [0.2, 0.25) is 0 Å². The second kappa shape index (κ2) is 9.05. The van der Waals surface area contributed by atoms with Gasteiger partial charge in [-0.3, -0.25) is 0 Å². The van der Waals surface area contributed by atoms with E-state index in [0.717, 1.165) is 60.2 Å². The first-order valence-electron chi connectivity index (χ1n) is 10.5. The summed E-state index contributed by atoms with van der Waals surface area (Å²) in [6, 6.07) is 16.4. The van der Waals surface area contributed by atoms with Crippen molar-refractivity contribution in [3.8, 4) is 22.5 Å². The highest BCUT2D eigenvalue weighted by Gasteiger charge is 2.17. The van der Waals surface area contributed by atoms with Gasteiger partial charge in [0.15, 0.2) is 5.65 Å². The lowest BCUT2D eigenvalue weighted by atomic mass is 10.0. The van der Waals surface area contributed by atoms with Crippen LogP contribution in [0.1, 0.15) is 19.4 Å². The zero-order valence-electron chi connectivity index (χ0n) is 17.8. The van der Waals surface area contributed by atoms with Crippen LogP contribution in [-0.4, -0.2) is 50.7 Å². The maximum absolute atomic E-state index is 4.89. The fourth-order valence-corrected chi connectivity index (χ4v) is 3.70. The zero-order chi connectivity index (χ0) is 20.9. The Morgan fingerprint density at radius 2 is 1.83 bits per heavy atom. The number of aryl methyl sites for hydroxylation is 1. The van der Waals surface area contributed by atoms with E-state index in [1.807, 2.05) is 28.9 Å². The maximum Gasteiger partial charge on any atom is 0.154 e. The number of imidazole rings is 1. The average molecular weight is 401 g/mol. The number of nitrogens with one attached hydrogen (secondary N) is 1. The van der Waals surface area contributed by atoms with E-state index >= 15 is 0 Å². The lowest BCUT2D eigenvalue weighted by Gasteiger charge is -2.18. The third kappa shape index (κ3) is 4.19. The predicted octanol–water partition coefficient (Wildman–Crippen LogP) is 4.52. The van der Waals surface area contributed by atoms with Crippen LogP contribution in [0, 0.1) is 6.92 Å². The number of pyridine rings is 1. The number of hydrogen-bond donors (Lipinski definition) is 1. The van der Waals surface area contributed by atoms with Gasteiger partial charge in [-0.25, -0.2) is 14.5 Å². The van der Waals surface area contributed by atoms with Crippen molar-refractivity contribution in [2.75, 3.05) is 31.5 Å². The van der Waals surface area contributed by atoms with Crippen LogP contribution in [0.3, 0.4) is 0 Å². The summed E-state index contributed by atoms with van der Waals surface area (Å²) in [6.45, 7) is 10.4. The molecule has 0 unspecified atom stereocenters. The molecule has 0 fully saturated rings. The molecule has 1 aromatic carbocycles. The van der Waals surface area contributed by atoms with Gasteiger partial charge in [0.05, 0.1) is 5.69 Å². The molecule has 3 aromatic heterocycles. The van der Waals surface area contributed by atoms with E-state index < -0.39 is 0 Å². The van der Waals surface area contributed by atoms with E-state index in [0.29, 0.717) is 0 Å². The summed E-state index contributed by atoms with van der Waals surface area (Å²) >= 11 is 0. The Balaban J connectivity index is 1.72. The van der Waals surface area contributed by atoms with Crippen LogP contribution in [-0.2, 0) is 0 Å². The quantitative estimate of drug-likeness (QED) is 0.471. The average Bonchev–Trinajstić information content (AvgIpc) is 3.17. The highest BCUT2D eigenvalue weighted by atomic mass is 15.3. The molecule has 0 bridgehead atoms. The molecule has 3 heterocycles. The van der Waals surface area contributed by atoms with Crippen molar-refractivity contribution in [3.63, 3.8) is 0 Å². The van der Waals surface area contributed by atoms with Crippen LogP contribution in [0.5, 0.6) is 0 Å². The predicted molar refractivity (Wildman–Crippen MR) is 123 cm³/mol. The number of nitrogens with zero attached hydrogens (tertiary/aromatic N) is 5. The standard InChI is InChI=1S/C24H28N6/c1-4-29(5-2)15-14-26-21-17-20(11-13-25-21)24-23(19-9-6-8-18(3)16-19)28-22-10-7-12-27-30(22)24/h6-13,16-17H,4-5,14-15H2,1-3H3,(H,25,26). The molecule has 0 saturated carbocycles. The topological polar surface area (TPSA) is 58.3 Å². The molecule has 154 valence electrons. The molecule has 4 rings (SSSR count). The first-order chi connectivity index (χ1) is 14.7.